The lowest BCUT2D eigenvalue weighted by atomic mass is 9.43. The number of rotatable bonds is 7. The van der Waals surface area contributed by atoms with Gasteiger partial charge in [-0.3, -0.25) is 9.80 Å². The summed E-state index contributed by atoms with van der Waals surface area (Å²) in [6.45, 7) is 13.7. The van der Waals surface area contributed by atoms with Gasteiger partial charge in [0.1, 0.15) is 6.29 Å². The molecule has 0 aromatic heterocycles. The maximum Gasteiger partial charge on any atom is 0.120 e. The van der Waals surface area contributed by atoms with Crippen molar-refractivity contribution in [3.63, 3.8) is 0 Å². The summed E-state index contributed by atoms with van der Waals surface area (Å²) in [7, 11) is 0. The van der Waals surface area contributed by atoms with E-state index >= 15 is 0 Å². The molecule has 5 aliphatic rings. The van der Waals surface area contributed by atoms with Gasteiger partial charge in [0.05, 0.1) is 6.61 Å². The second kappa shape index (κ2) is 10.1. The molecule has 4 aliphatic carbocycles. The molecule has 4 heteroatoms. The standard InChI is InChI=1S/C30H52N2O2/c1-22(6-5-20-33)25-11-12-26-24-10-9-23-7-4-8-28(32-17-15-31(16-18-32)19-21-34)30(23,3)27(24)13-14-29(25,26)2/h20,22-28,34H,4-19,21H2,1-3H3/t22-,23?,24+,25-,26+,27+,28?,29-,30+/m1/s1. The Morgan fingerprint density at radius 3 is 2.50 bits per heavy atom. The summed E-state index contributed by atoms with van der Waals surface area (Å²) in [5.74, 6) is 5.20. The van der Waals surface area contributed by atoms with Crippen molar-refractivity contribution in [3.05, 3.63) is 0 Å². The summed E-state index contributed by atoms with van der Waals surface area (Å²) in [6, 6.07) is 0.767. The molecule has 194 valence electrons. The molecule has 1 N–H and O–H groups in total. The molecule has 5 rings (SSSR count). The predicted octanol–water partition coefficient (Wildman–Crippen LogP) is 5.24. The number of β-amino-alcohol motifs (C(OH)–C–C–N with tert-alkyl or cyclic N) is 1. The minimum absolute atomic E-state index is 0.294. The van der Waals surface area contributed by atoms with E-state index in [1.165, 1.54) is 70.9 Å². The number of aldehydes is 1. The quantitative estimate of drug-likeness (QED) is 0.515. The van der Waals surface area contributed by atoms with Crippen molar-refractivity contribution < 1.29 is 9.90 Å². The van der Waals surface area contributed by atoms with Crippen LogP contribution in [0.25, 0.3) is 0 Å². The van der Waals surface area contributed by atoms with E-state index in [9.17, 15) is 9.90 Å². The first-order valence-corrected chi connectivity index (χ1v) is 14.9. The van der Waals surface area contributed by atoms with Gasteiger partial charge in [-0.25, -0.2) is 0 Å². The molecule has 1 saturated heterocycles. The van der Waals surface area contributed by atoms with Crippen molar-refractivity contribution in [2.75, 3.05) is 39.3 Å². The summed E-state index contributed by atoms with van der Waals surface area (Å²) in [5.41, 5.74) is 0.996. The number of nitrogens with zero attached hydrogens (tertiary/aromatic N) is 2. The van der Waals surface area contributed by atoms with E-state index in [2.05, 4.69) is 30.6 Å². The molecule has 4 nitrogen and oxygen atoms in total. The number of piperazine rings is 1. The fraction of sp³-hybridized carbons (Fsp3) is 0.967. The smallest absolute Gasteiger partial charge is 0.120 e. The number of carbonyl (C=O) groups is 1. The van der Waals surface area contributed by atoms with Gasteiger partial charge in [0.2, 0.25) is 0 Å². The van der Waals surface area contributed by atoms with Crippen LogP contribution < -0.4 is 0 Å². The first-order valence-electron chi connectivity index (χ1n) is 14.9. The molecule has 1 aliphatic heterocycles. The van der Waals surface area contributed by atoms with Gasteiger partial charge in [-0.15, -0.1) is 0 Å². The van der Waals surface area contributed by atoms with E-state index in [4.69, 9.17) is 0 Å². The predicted molar refractivity (Wildman–Crippen MR) is 139 cm³/mol. The highest BCUT2D eigenvalue weighted by molar-refractivity contribution is 5.49. The van der Waals surface area contributed by atoms with Crippen LogP contribution in [0.2, 0.25) is 0 Å². The third-order valence-electron chi connectivity index (χ3n) is 12.5. The fourth-order valence-corrected chi connectivity index (χ4v) is 10.8. The van der Waals surface area contributed by atoms with Crippen molar-refractivity contribution in [2.45, 2.75) is 97.4 Å². The number of hydrogen-bond acceptors (Lipinski definition) is 4. The normalized spacial score (nSPS) is 46.4. The SMILES string of the molecule is C[C@H](CCC=O)[C@H]1CC[C@H]2[C@@H]3CCC4CCCC(N5CCN(CCO)CC5)[C@]4(C)[C@H]3CC[C@]12C. The summed E-state index contributed by atoms with van der Waals surface area (Å²) < 4.78 is 0. The Labute approximate surface area is 209 Å². The topological polar surface area (TPSA) is 43.8 Å². The van der Waals surface area contributed by atoms with E-state index in [0.29, 0.717) is 23.4 Å². The zero-order chi connectivity index (χ0) is 23.9. The average molecular weight is 473 g/mol. The monoisotopic (exact) mass is 472 g/mol. The Morgan fingerprint density at radius 2 is 1.76 bits per heavy atom. The second-order valence-electron chi connectivity index (χ2n) is 13.5. The van der Waals surface area contributed by atoms with E-state index in [-0.39, 0.29) is 0 Å². The van der Waals surface area contributed by atoms with Crippen molar-refractivity contribution in [3.8, 4) is 0 Å². The Balaban J connectivity index is 1.34. The molecule has 34 heavy (non-hydrogen) atoms. The number of hydrogen-bond donors (Lipinski definition) is 1. The van der Waals surface area contributed by atoms with E-state index in [0.717, 1.165) is 74.4 Å². The van der Waals surface area contributed by atoms with Gasteiger partial charge in [-0.1, -0.05) is 27.2 Å². The lowest BCUT2D eigenvalue weighted by Gasteiger charge is -2.64. The van der Waals surface area contributed by atoms with Gasteiger partial charge in [0.15, 0.2) is 0 Å². The molecule has 5 fully saturated rings. The Hall–Kier alpha value is -0.450. The zero-order valence-corrected chi connectivity index (χ0v) is 22.4. The third-order valence-corrected chi connectivity index (χ3v) is 12.5. The maximum absolute atomic E-state index is 11.0. The van der Waals surface area contributed by atoms with Crippen molar-refractivity contribution >= 4 is 6.29 Å². The van der Waals surface area contributed by atoms with Gasteiger partial charge >= 0.3 is 0 Å². The summed E-state index contributed by atoms with van der Waals surface area (Å²) in [4.78, 5) is 16.4. The molecule has 0 spiro atoms. The van der Waals surface area contributed by atoms with Gasteiger partial charge in [0, 0.05) is 45.2 Å². The minimum Gasteiger partial charge on any atom is -0.395 e. The van der Waals surface area contributed by atoms with Crippen LogP contribution in [0.5, 0.6) is 0 Å². The average Bonchev–Trinajstić information content (AvgIpc) is 3.20. The lowest BCUT2D eigenvalue weighted by Crippen LogP contribution is -2.64. The lowest BCUT2D eigenvalue weighted by molar-refractivity contribution is -0.152. The molecule has 4 saturated carbocycles. The van der Waals surface area contributed by atoms with Crippen LogP contribution in [0, 0.1) is 46.3 Å². The molecule has 0 amide bonds. The van der Waals surface area contributed by atoms with Crippen LogP contribution in [-0.2, 0) is 4.79 Å². The van der Waals surface area contributed by atoms with Crippen molar-refractivity contribution in [2.24, 2.45) is 46.3 Å². The first kappa shape index (κ1) is 25.2. The van der Waals surface area contributed by atoms with Crippen LogP contribution in [0.15, 0.2) is 0 Å². The molecule has 9 atom stereocenters. The third kappa shape index (κ3) is 4.12. The van der Waals surface area contributed by atoms with Crippen LogP contribution in [0.3, 0.4) is 0 Å². The summed E-state index contributed by atoms with van der Waals surface area (Å²) in [5, 5.41) is 9.38. The van der Waals surface area contributed by atoms with Crippen LogP contribution in [0.4, 0.5) is 0 Å². The molecular formula is C30H52N2O2. The number of aliphatic hydroxyl groups excluding tert-OH is 1. The maximum atomic E-state index is 11.0. The molecule has 2 unspecified atom stereocenters. The Bertz CT molecular complexity index is 706. The molecule has 1 heterocycles. The van der Waals surface area contributed by atoms with Gasteiger partial charge in [0.25, 0.3) is 0 Å². The zero-order valence-electron chi connectivity index (χ0n) is 22.4. The van der Waals surface area contributed by atoms with Gasteiger partial charge in [-0.05, 0) is 104 Å². The van der Waals surface area contributed by atoms with Crippen LogP contribution in [-0.4, -0.2) is 66.6 Å². The number of fused-ring (bicyclic) bond motifs is 5. The highest BCUT2D eigenvalue weighted by atomic mass is 16.3. The van der Waals surface area contributed by atoms with Crippen molar-refractivity contribution in [1.29, 1.82) is 0 Å². The molecule has 0 aromatic rings. The first-order chi connectivity index (χ1) is 16.4. The molecule has 0 radical (unpaired) electrons. The number of carbonyl (C=O) groups excluding carboxylic acids is 1. The van der Waals surface area contributed by atoms with Crippen LogP contribution >= 0.6 is 0 Å². The highest BCUT2D eigenvalue weighted by Gasteiger charge is 2.62. The minimum atomic E-state index is 0.294. The van der Waals surface area contributed by atoms with Gasteiger partial charge < -0.3 is 9.90 Å². The largest absolute Gasteiger partial charge is 0.395 e. The van der Waals surface area contributed by atoms with Gasteiger partial charge in [-0.2, -0.15) is 0 Å². The second-order valence-corrected chi connectivity index (χ2v) is 13.5. The van der Waals surface area contributed by atoms with E-state index < -0.39 is 0 Å². The molecule has 0 bridgehead atoms. The van der Waals surface area contributed by atoms with Crippen molar-refractivity contribution in [1.82, 2.24) is 9.80 Å². The van der Waals surface area contributed by atoms with E-state index in [1.807, 2.05) is 0 Å². The fourth-order valence-electron chi connectivity index (χ4n) is 10.8. The summed E-state index contributed by atoms with van der Waals surface area (Å²) in [6.07, 6.45) is 15.9. The highest BCUT2D eigenvalue weighted by Crippen LogP contribution is 2.68. The number of aliphatic hydroxyl groups is 1. The Morgan fingerprint density at radius 1 is 0.971 bits per heavy atom. The molecule has 0 aromatic carbocycles. The van der Waals surface area contributed by atoms with Crippen LogP contribution in [0.1, 0.15) is 91.4 Å². The Kier molecular flexibility index (Phi) is 7.51. The summed E-state index contributed by atoms with van der Waals surface area (Å²) >= 11 is 0. The molecular weight excluding hydrogens is 420 g/mol. The van der Waals surface area contributed by atoms with E-state index in [1.54, 1.807) is 0 Å².